The molecule has 0 atom stereocenters. The number of thiazole rings is 1. The van der Waals surface area contributed by atoms with Crippen LogP contribution in [0.4, 0.5) is 10.1 Å². The smallest absolute Gasteiger partial charge is 0.282 e. The Balaban J connectivity index is 2.29. The van der Waals surface area contributed by atoms with Gasteiger partial charge >= 0.3 is 0 Å². The van der Waals surface area contributed by atoms with Crippen molar-refractivity contribution in [1.82, 2.24) is 9.88 Å². The second-order valence-corrected chi connectivity index (χ2v) is 5.38. The van der Waals surface area contributed by atoms with E-state index in [4.69, 9.17) is 0 Å². The van der Waals surface area contributed by atoms with E-state index in [-0.39, 0.29) is 12.1 Å². The summed E-state index contributed by atoms with van der Waals surface area (Å²) in [6, 6.07) is 2.84. The molecule has 0 aliphatic heterocycles. The average Bonchev–Trinajstić information content (AvgIpc) is 2.83. The van der Waals surface area contributed by atoms with E-state index in [0.29, 0.717) is 0 Å². The summed E-state index contributed by atoms with van der Waals surface area (Å²) in [7, 11) is 1.51. The van der Waals surface area contributed by atoms with E-state index in [0.717, 1.165) is 28.8 Å². The van der Waals surface area contributed by atoms with Crippen molar-refractivity contribution in [3.8, 4) is 0 Å². The van der Waals surface area contributed by atoms with E-state index in [2.05, 4.69) is 4.98 Å². The van der Waals surface area contributed by atoms with Crippen LogP contribution in [0, 0.1) is 22.9 Å². The summed E-state index contributed by atoms with van der Waals surface area (Å²) in [5.74, 6) is -1.29. The number of benzene rings is 1. The summed E-state index contributed by atoms with van der Waals surface area (Å²) in [5.41, 5.74) is 1.79. The fourth-order valence-corrected chi connectivity index (χ4v) is 2.64. The number of rotatable bonds is 4. The lowest BCUT2D eigenvalue weighted by atomic mass is 10.1. The fraction of sp³-hybridized carbons (Fsp3) is 0.231. The highest BCUT2D eigenvalue weighted by atomic mass is 32.1. The first kappa shape index (κ1) is 15.0. The molecule has 0 unspecified atom stereocenters. The van der Waals surface area contributed by atoms with Crippen LogP contribution >= 0.6 is 11.3 Å². The number of aromatic nitrogens is 1. The van der Waals surface area contributed by atoms with Gasteiger partial charge in [0.15, 0.2) is 0 Å². The SMILES string of the molecule is Cc1ncsc1CN(C)C(=O)c1cc(F)ccc1[N+](=O)[O-]. The van der Waals surface area contributed by atoms with Crippen molar-refractivity contribution < 1.29 is 14.1 Å². The van der Waals surface area contributed by atoms with Crippen LogP contribution in [0.1, 0.15) is 20.9 Å². The molecule has 0 radical (unpaired) electrons. The molecule has 0 saturated heterocycles. The molecule has 0 aliphatic rings. The highest BCUT2D eigenvalue weighted by Crippen LogP contribution is 2.22. The normalized spacial score (nSPS) is 10.4. The number of halogens is 1. The maximum Gasteiger partial charge on any atom is 0.282 e. The third kappa shape index (κ3) is 3.22. The topological polar surface area (TPSA) is 76.3 Å². The molecule has 1 amide bonds. The molecule has 0 aliphatic carbocycles. The molecule has 21 heavy (non-hydrogen) atoms. The Hall–Kier alpha value is -2.35. The summed E-state index contributed by atoms with van der Waals surface area (Å²) in [4.78, 5) is 28.8. The van der Waals surface area contributed by atoms with Crippen LogP contribution in [0.3, 0.4) is 0 Å². The van der Waals surface area contributed by atoms with Crippen LogP contribution in [0.5, 0.6) is 0 Å². The largest absolute Gasteiger partial charge is 0.336 e. The minimum Gasteiger partial charge on any atom is -0.336 e. The molecular weight excluding hydrogens is 297 g/mol. The Morgan fingerprint density at radius 3 is 2.81 bits per heavy atom. The molecule has 2 rings (SSSR count). The Labute approximate surface area is 124 Å². The quantitative estimate of drug-likeness (QED) is 0.643. The maximum absolute atomic E-state index is 13.3. The van der Waals surface area contributed by atoms with Gasteiger partial charge in [-0.1, -0.05) is 0 Å². The van der Waals surface area contributed by atoms with Gasteiger partial charge in [-0.3, -0.25) is 14.9 Å². The average molecular weight is 309 g/mol. The standard InChI is InChI=1S/C13H12FN3O3S/c1-8-12(21-7-15-8)6-16(2)13(18)10-5-9(14)3-4-11(10)17(19)20/h3-5,7H,6H2,1-2H3. The van der Waals surface area contributed by atoms with E-state index in [1.807, 2.05) is 6.92 Å². The first-order valence-corrected chi connectivity index (χ1v) is 6.86. The zero-order valence-corrected chi connectivity index (χ0v) is 12.2. The van der Waals surface area contributed by atoms with Gasteiger partial charge in [-0.05, 0) is 19.1 Å². The summed E-state index contributed by atoms with van der Waals surface area (Å²) >= 11 is 1.39. The molecule has 0 saturated carbocycles. The van der Waals surface area contributed by atoms with Gasteiger partial charge in [0.2, 0.25) is 0 Å². The van der Waals surface area contributed by atoms with E-state index < -0.39 is 22.3 Å². The molecule has 8 heteroatoms. The van der Waals surface area contributed by atoms with Gasteiger partial charge in [0, 0.05) is 18.0 Å². The van der Waals surface area contributed by atoms with Crippen molar-refractivity contribution in [2.24, 2.45) is 0 Å². The molecule has 2 aromatic rings. The van der Waals surface area contributed by atoms with Gasteiger partial charge in [0.05, 0.1) is 22.7 Å². The summed E-state index contributed by atoms with van der Waals surface area (Å²) in [5, 5.41) is 10.9. The van der Waals surface area contributed by atoms with Crippen molar-refractivity contribution in [3.63, 3.8) is 0 Å². The number of carbonyl (C=O) groups excluding carboxylic acids is 1. The molecule has 6 nitrogen and oxygen atoms in total. The molecule has 1 heterocycles. The second-order valence-electron chi connectivity index (χ2n) is 4.44. The number of carbonyl (C=O) groups is 1. The van der Waals surface area contributed by atoms with Crippen molar-refractivity contribution in [2.75, 3.05) is 7.05 Å². The lowest BCUT2D eigenvalue weighted by molar-refractivity contribution is -0.385. The molecule has 0 N–H and O–H groups in total. The fourth-order valence-electron chi connectivity index (χ4n) is 1.81. The van der Waals surface area contributed by atoms with Gasteiger partial charge in [-0.25, -0.2) is 9.37 Å². The lowest BCUT2D eigenvalue weighted by Gasteiger charge is -2.16. The number of amides is 1. The van der Waals surface area contributed by atoms with Gasteiger partial charge in [-0.15, -0.1) is 11.3 Å². The van der Waals surface area contributed by atoms with Gasteiger partial charge in [-0.2, -0.15) is 0 Å². The molecule has 0 spiro atoms. The Morgan fingerprint density at radius 2 is 2.24 bits per heavy atom. The molecule has 110 valence electrons. The summed E-state index contributed by atoms with van der Waals surface area (Å²) < 4.78 is 13.3. The third-order valence-electron chi connectivity index (χ3n) is 2.96. The van der Waals surface area contributed by atoms with Crippen molar-refractivity contribution in [3.05, 3.63) is 55.8 Å². The molecule has 0 fully saturated rings. The first-order chi connectivity index (χ1) is 9.90. The van der Waals surface area contributed by atoms with E-state index in [1.165, 1.54) is 23.3 Å². The van der Waals surface area contributed by atoms with Gasteiger partial charge < -0.3 is 4.90 Å². The first-order valence-electron chi connectivity index (χ1n) is 5.98. The van der Waals surface area contributed by atoms with Crippen molar-refractivity contribution >= 4 is 22.9 Å². The molecule has 1 aromatic carbocycles. The van der Waals surface area contributed by atoms with E-state index >= 15 is 0 Å². The zero-order chi connectivity index (χ0) is 15.6. The Kier molecular flexibility index (Phi) is 4.27. The monoisotopic (exact) mass is 309 g/mol. The predicted octanol–water partition coefficient (Wildman–Crippen LogP) is 2.77. The van der Waals surface area contributed by atoms with Gasteiger partial charge in [0.1, 0.15) is 11.4 Å². The Morgan fingerprint density at radius 1 is 1.52 bits per heavy atom. The van der Waals surface area contributed by atoms with Crippen LogP contribution < -0.4 is 0 Å². The minimum atomic E-state index is -0.696. The second kappa shape index (κ2) is 5.96. The van der Waals surface area contributed by atoms with Crippen LogP contribution in [-0.4, -0.2) is 27.8 Å². The van der Waals surface area contributed by atoms with Crippen LogP contribution in [0.2, 0.25) is 0 Å². The van der Waals surface area contributed by atoms with Crippen LogP contribution in [0.25, 0.3) is 0 Å². The number of hydrogen-bond donors (Lipinski definition) is 0. The number of aryl methyl sites for hydroxylation is 1. The highest BCUT2D eigenvalue weighted by molar-refractivity contribution is 7.09. The minimum absolute atomic E-state index is 0.260. The highest BCUT2D eigenvalue weighted by Gasteiger charge is 2.24. The third-order valence-corrected chi connectivity index (χ3v) is 3.88. The van der Waals surface area contributed by atoms with Crippen molar-refractivity contribution in [1.29, 1.82) is 0 Å². The number of hydrogen-bond acceptors (Lipinski definition) is 5. The Bertz CT molecular complexity index is 702. The zero-order valence-electron chi connectivity index (χ0n) is 11.4. The number of nitrogens with zero attached hydrogens (tertiary/aromatic N) is 3. The lowest BCUT2D eigenvalue weighted by Crippen LogP contribution is -2.27. The summed E-state index contributed by atoms with van der Waals surface area (Å²) in [6.45, 7) is 2.08. The van der Waals surface area contributed by atoms with Crippen LogP contribution in [-0.2, 0) is 6.54 Å². The maximum atomic E-state index is 13.3. The molecular formula is C13H12FN3O3S. The molecule has 1 aromatic heterocycles. The predicted molar refractivity (Wildman–Crippen MR) is 75.7 cm³/mol. The van der Waals surface area contributed by atoms with Crippen LogP contribution in [0.15, 0.2) is 23.7 Å². The number of nitro groups is 1. The van der Waals surface area contributed by atoms with E-state index in [1.54, 1.807) is 5.51 Å². The summed E-state index contributed by atoms with van der Waals surface area (Å²) in [6.07, 6.45) is 0. The van der Waals surface area contributed by atoms with E-state index in [9.17, 15) is 19.3 Å². The van der Waals surface area contributed by atoms with Gasteiger partial charge in [0.25, 0.3) is 11.6 Å². The number of nitro benzene ring substituents is 1. The molecule has 0 bridgehead atoms. The van der Waals surface area contributed by atoms with Crippen molar-refractivity contribution in [2.45, 2.75) is 13.5 Å².